The topological polar surface area (TPSA) is 65.1 Å². The van der Waals surface area contributed by atoms with Crippen LogP contribution in [0.4, 0.5) is 5.69 Å². The largest absolute Gasteiger partial charge is 0.398 e. The molecule has 0 atom stereocenters. The molecule has 0 radical (unpaired) electrons. The van der Waals surface area contributed by atoms with Gasteiger partial charge in [0.25, 0.3) is 0 Å². The van der Waals surface area contributed by atoms with Gasteiger partial charge in [-0.05, 0) is 17.7 Å². The Labute approximate surface area is 94.6 Å². The van der Waals surface area contributed by atoms with E-state index in [1.54, 1.807) is 6.07 Å². The summed E-state index contributed by atoms with van der Waals surface area (Å²) in [6.45, 7) is 0. The summed E-state index contributed by atoms with van der Waals surface area (Å²) in [6.07, 6.45) is 3.05. The number of hydrogen-bond donors (Lipinski definition) is 1. The Bertz CT molecular complexity index is 641. The van der Waals surface area contributed by atoms with Crippen LogP contribution in [0.25, 0.3) is 10.9 Å². The quantitative estimate of drug-likeness (QED) is 0.802. The first kappa shape index (κ1) is 11.0. The van der Waals surface area contributed by atoms with Crippen molar-refractivity contribution in [2.24, 2.45) is 7.05 Å². The standard InChI is InChI=1S/C11H14N2O2S/c1-13-6-8(7-16(2,14)15)11-9(12)4-3-5-10(11)13/h3-6H,7,12H2,1-2H3. The van der Waals surface area contributed by atoms with Crippen LogP contribution in [0.1, 0.15) is 5.56 Å². The highest BCUT2D eigenvalue weighted by Crippen LogP contribution is 2.27. The van der Waals surface area contributed by atoms with E-state index in [9.17, 15) is 8.42 Å². The number of aromatic nitrogens is 1. The maximum Gasteiger partial charge on any atom is 0.151 e. The summed E-state index contributed by atoms with van der Waals surface area (Å²) in [6, 6.07) is 5.58. The van der Waals surface area contributed by atoms with E-state index in [-0.39, 0.29) is 5.75 Å². The summed E-state index contributed by atoms with van der Waals surface area (Å²) < 4.78 is 24.5. The molecule has 1 aromatic carbocycles. The average Bonchev–Trinajstić information content (AvgIpc) is 2.42. The smallest absolute Gasteiger partial charge is 0.151 e. The second kappa shape index (κ2) is 3.52. The van der Waals surface area contributed by atoms with Gasteiger partial charge in [-0.3, -0.25) is 0 Å². The normalized spacial score (nSPS) is 12.1. The van der Waals surface area contributed by atoms with E-state index in [1.807, 2.05) is 29.9 Å². The molecule has 0 aliphatic heterocycles. The molecule has 86 valence electrons. The Morgan fingerprint density at radius 3 is 2.69 bits per heavy atom. The molecule has 16 heavy (non-hydrogen) atoms. The van der Waals surface area contributed by atoms with E-state index in [0.717, 1.165) is 16.5 Å². The summed E-state index contributed by atoms with van der Waals surface area (Å²) in [5.41, 5.74) is 8.22. The molecule has 0 saturated carbocycles. The number of aryl methyl sites for hydroxylation is 1. The summed E-state index contributed by atoms with van der Waals surface area (Å²) in [7, 11) is -1.16. The molecule has 0 amide bonds. The number of fused-ring (bicyclic) bond motifs is 1. The van der Waals surface area contributed by atoms with Crippen molar-refractivity contribution in [3.05, 3.63) is 30.0 Å². The van der Waals surface area contributed by atoms with Crippen LogP contribution in [0.15, 0.2) is 24.4 Å². The fraction of sp³-hybridized carbons (Fsp3) is 0.273. The molecular formula is C11H14N2O2S. The van der Waals surface area contributed by atoms with E-state index < -0.39 is 9.84 Å². The van der Waals surface area contributed by atoms with Gasteiger partial charge in [0.05, 0.1) is 11.3 Å². The Kier molecular flexibility index (Phi) is 2.42. The number of benzene rings is 1. The first-order valence-corrected chi connectivity index (χ1v) is 6.94. The average molecular weight is 238 g/mol. The summed E-state index contributed by atoms with van der Waals surface area (Å²) >= 11 is 0. The molecular weight excluding hydrogens is 224 g/mol. The monoisotopic (exact) mass is 238 g/mol. The van der Waals surface area contributed by atoms with Gasteiger partial charge >= 0.3 is 0 Å². The van der Waals surface area contributed by atoms with Gasteiger partial charge in [0.1, 0.15) is 0 Å². The van der Waals surface area contributed by atoms with Crippen LogP contribution in [-0.4, -0.2) is 19.2 Å². The molecule has 2 aromatic rings. The van der Waals surface area contributed by atoms with Crippen molar-refractivity contribution in [1.82, 2.24) is 4.57 Å². The number of nitrogen functional groups attached to an aromatic ring is 1. The minimum atomic E-state index is -3.04. The summed E-state index contributed by atoms with van der Waals surface area (Å²) in [5.74, 6) is 0.0263. The number of anilines is 1. The zero-order valence-electron chi connectivity index (χ0n) is 9.27. The van der Waals surface area contributed by atoms with Gasteiger partial charge < -0.3 is 10.3 Å². The maximum absolute atomic E-state index is 11.3. The maximum atomic E-state index is 11.3. The second-order valence-electron chi connectivity index (χ2n) is 4.08. The predicted molar refractivity (Wildman–Crippen MR) is 65.9 cm³/mol. The Hall–Kier alpha value is -1.49. The predicted octanol–water partition coefficient (Wildman–Crippen LogP) is 1.31. The lowest BCUT2D eigenvalue weighted by atomic mass is 10.1. The van der Waals surface area contributed by atoms with Crippen LogP contribution in [0.5, 0.6) is 0 Å². The molecule has 2 rings (SSSR count). The lowest BCUT2D eigenvalue weighted by Crippen LogP contribution is -2.00. The molecule has 4 nitrogen and oxygen atoms in total. The van der Waals surface area contributed by atoms with E-state index in [2.05, 4.69) is 0 Å². The molecule has 0 unspecified atom stereocenters. The van der Waals surface area contributed by atoms with Gasteiger partial charge in [0.15, 0.2) is 9.84 Å². The molecule has 1 heterocycles. The molecule has 0 fully saturated rings. The number of nitrogens with zero attached hydrogens (tertiary/aromatic N) is 1. The molecule has 5 heteroatoms. The van der Waals surface area contributed by atoms with Gasteiger partial charge in [-0.15, -0.1) is 0 Å². The summed E-state index contributed by atoms with van der Waals surface area (Å²) in [5, 5.41) is 0.843. The molecule has 0 bridgehead atoms. The molecule has 0 saturated heterocycles. The SMILES string of the molecule is Cn1cc(CS(C)(=O)=O)c2c(N)cccc21. The number of nitrogens with two attached hydrogens (primary N) is 1. The van der Waals surface area contributed by atoms with Crippen molar-refractivity contribution in [3.8, 4) is 0 Å². The fourth-order valence-corrected chi connectivity index (χ4v) is 2.74. The van der Waals surface area contributed by atoms with Gasteiger partial charge in [-0.2, -0.15) is 0 Å². The molecule has 1 aromatic heterocycles. The third kappa shape index (κ3) is 1.90. The highest BCUT2D eigenvalue weighted by atomic mass is 32.2. The molecule has 2 N–H and O–H groups in total. The first-order chi connectivity index (χ1) is 7.38. The van der Waals surface area contributed by atoms with Gasteiger partial charge in [0, 0.05) is 30.6 Å². The minimum absolute atomic E-state index is 0.0263. The second-order valence-corrected chi connectivity index (χ2v) is 6.22. The van der Waals surface area contributed by atoms with Gasteiger partial charge in [-0.1, -0.05) is 6.07 Å². The van der Waals surface area contributed by atoms with E-state index in [0.29, 0.717) is 5.69 Å². The van der Waals surface area contributed by atoms with Crippen LogP contribution >= 0.6 is 0 Å². The minimum Gasteiger partial charge on any atom is -0.398 e. The third-order valence-electron chi connectivity index (χ3n) is 2.54. The number of sulfone groups is 1. The van der Waals surface area contributed by atoms with Crippen LogP contribution < -0.4 is 5.73 Å². The van der Waals surface area contributed by atoms with E-state index in [4.69, 9.17) is 5.73 Å². The van der Waals surface area contributed by atoms with Crippen molar-refractivity contribution in [2.75, 3.05) is 12.0 Å². The molecule has 0 aliphatic rings. The zero-order valence-corrected chi connectivity index (χ0v) is 10.1. The third-order valence-corrected chi connectivity index (χ3v) is 3.38. The Morgan fingerprint density at radius 1 is 1.38 bits per heavy atom. The van der Waals surface area contributed by atoms with Crippen LogP contribution in [-0.2, 0) is 22.6 Å². The molecule has 0 spiro atoms. The van der Waals surface area contributed by atoms with Crippen molar-refractivity contribution < 1.29 is 8.42 Å². The van der Waals surface area contributed by atoms with Gasteiger partial charge in [-0.25, -0.2) is 8.42 Å². The first-order valence-electron chi connectivity index (χ1n) is 4.88. The number of hydrogen-bond acceptors (Lipinski definition) is 3. The van der Waals surface area contributed by atoms with E-state index in [1.165, 1.54) is 6.26 Å². The van der Waals surface area contributed by atoms with Crippen molar-refractivity contribution in [3.63, 3.8) is 0 Å². The van der Waals surface area contributed by atoms with E-state index >= 15 is 0 Å². The lowest BCUT2D eigenvalue weighted by Gasteiger charge is -2.00. The van der Waals surface area contributed by atoms with Crippen LogP contribution in [0.2, 0.25) is 0 Å². The highest BCUT2D eigenvalue weighted by molar-refractivity contribution is 7.89. The fourth-order valence-electron chi connectivity index (χ4n) is 1.96. The number of rotatable bonds is 2. The summed E-state index contributed by atoms with van der Waals surface area (Å²) in [4.78, 5) is 0. The van der Waals surface area contributed by atoms with Crippen molar-refractivity contribution in [2.45, 2.75) is 5.75 Å². The Morgan fingerprint density at radius 2 is 2.06 bits per heavy atom. The highest BCUT2D eigenvalue weighted by Gasteiger charge is 2.13. The zero-order chi connectivity index (χ0) is 11.9. The van der Waals surface area contributed by atoms with Crippen molar-refractivity contribution in [1.29, 1.82) is 0 Å². The Balaban J connectivity index is 2.71. The van der Waals surface area contributed by atoms with Gasteiger partial charge in [0.2, 0.25) is 0 Å². The molecule has 0 aliphatic carbocycles. The van der Waals surface area contributed by atoms with Crippen LogP contribution in [0.3, 0.4) is 0 Å². The van der Waals surface area contributed by atoms with Crippen molar-refractivity contribution >= 4 is 26.4 Å². The van der Waals surface area contributed by atoms with Crippen LogP contribution in [0, 0.1) is 0 Å². The lowest BCUT2D eigenvalue weighted by molar-refractivity contribution is 0.601.